The molecule has 1 aromatic carbocycles. The summed E-state index contributed by atoms with van der Waals surface area (Å²) in [5.74, 6) is -0.110. The van der Waals surface area contributed by atoms with Crippen LogP contribution in [0.3, 0.4) is 0 Å². The van der Waals surface area contributed by atoms with Crippen molar-refractivity contribution in [2.45, 2.75) is 6.54 Å². The molecule has 2 rings (SSSR count). The van der Waals surface area contributed by atoms with Gasteiger partial charge in [0.1, 0.15) is 0 Å². The second-order valence-corrected chi connectivity index (χ2v) is 5.23. The number of carbonyl (C=O) groups excluding carboxylic acids is 2. The van der Waals surface area contributed by atoms with E-state index in [2.05, 4.69) is 5.32 Å². The monoisotopic (exact) mass is 288 g/mol. The van der Waals surface area contributed by atoms with Gasteiger partial charge >= 0.3 is 0 Å². The maximum Gasteiger partial charge on any atom is 0.254 e. The van der Waals surface area contributed by atoms with E-state index >= 15 is 0 Å². The predicted molar refractivity (Wildman–Crippen MR) is 79.9 cm³/mol. The van der Waals surface area contributed by atoms with E-state index in [0.29, 0.717) is 17.7 Å². The van der Waals surface area contributed by atoms with Crippen molar-refractivity contribution in [3.8, 4) is 0 Å². The van der Waals surface area contributed by atoms with Crippen molar-refractivity contribution in [1.82, 2.24) is 10.2 Å². The van der Waals surface area contributed by atoms with Crippen LogP contribution in [0.5, 0.6) is 0 Å². The summed E-state index contributed by atoms with van der Waals surface area (Å²) in [5.41, 5.74) is 2.31. The summed E-state index contributed by atoms with van der Waals surface area (Å²) in [4.78, 5) is 25.2. The molecule has 0 aliphatic carbocycles. The summed E-state index contributed by atoms with van der Waals surface area (Å²) in [6.07, 6.45) is 0. The molecule has 20 heavy (non-hydrogen) atoms. The van der Waals surface area contributed by atoms with Crippen molar-refractivity contribution in [3.05, 3.63) is 57.8 Å². The Labute approximate surface area is 122 Å². The Balaban J connectivity index is 2.03. The summed E-state index contributed by atoms with van der Waals surface area (Å²) in [6, 6.07) is 9.07. The van der Waals surface area contributed by atoms with Crippen LogP contribution < -0.4 is 5.32 Å². The quantitative estimate of drug-likeness (QED) is 0.939. The number of hydrogen-bond donors (Lipinski definition) is 1. The zero-order valence-corrected chi connectivity index (χ0v) is 12.2. The lowest BCUT2D eigenvalue weighted by molar-refractivity contribution is 0.0785. The first-order chi connectivity index (χ1) is 9.61. The van der Waals surface area contributed by atoms with E-state index in [1.165, 1.54) is 11.3 Å². The predicted octanol–water partition coefficient (Wildman–Crippen LogP) is 2.38. The molecule has 0 unspecified atom stereocenters. The fraction of sp³-hybridized carbons (Fsp3) is 0.200. The van der Waals surface area contributed by atoms with Gasteiger partial charge in [-0.1, -0.05) is 12.1 Å². The Morgan fingerprint density at radius 1 is 1.15 bits per heavy atom. The van der Waals surface area contributed by atoms with Crippen LogP contribution in [0.25, 0.3) is 0 Å². The average molecular weight is 288 g/mol. The highest BCUT2D eigenvalue weighted by molar-refractivity contribution is 7.08. The van der Waals surface area contributed by atoms with Crippen LogP contribution in [0.2, 0.25) is 0 Å². The SMILES string of the molecule is CNC(=O)c1ccc(CN(C)C(=O)c2ccsc2)cc1. The van der Waals surface area contributed by atoms with Gasteiger partial charge in [-0.3, -0.25) is 9.59 Å². The molecule has 0 aliphatic heterocycles. The van der Waals surface area contributed by atoms with Crippen LogP contribution in [0.4, 0.5) is 0 Å². The highest BCUT2D eigenvalue weighted by Gasteiger charge is 2.12. The van der Waals surface area contributed by atoms with Crippen LogP contribution in [0.15, 0.2) is 41.1 Å². The molecule has 1 aromatic heterocycles. The first-order valence-corrected chi connectivity index (χ1v) is 7.15. The molecule has 104 valence electrons. The normalized spacial score (nSPS) is 10.1. The molecule has 0 radical (unpaired) electrons. The molecule has 1 heterocycles. The van der Waals surface area contributed by atoms with Crippen LogP contribution in [0, 0.1) is 0 Å². The number of nitrogens with one attached hydrogen (secondary N) is 1. The first kappa shape index (κ1) is 14.3. The van der Waals surface area contributed by atoms with Crippen molar-refractivity contribution in [3.63, 3.8) is 0 Å². The summed E-state index contributed by atoms with van der Waals surface area (Å²) < 4.78 is 0. The number of benzene rings is 1. The van der Waals surface area contributed by atoms with E-state index < -0.39 is 0 Å². The van der Waals surface area contributed by atoms with E-state index in [4.69, 9.17) is 0 Å². The third kappa shape index (κ3) is 3.24. The molecule has 4 nitrogen and oxygen atoms in total. The van der Waals surface area contributed by atoms with E-state index in [-0.39, 0.29) is 11.8 Å². The number of rotatable bonds is 4. The van der Waals surface area contributed by atoms with Gasteiger partial charge in [0.15, 0.2) is 0 Å². The number of amides is 2. The second kappa shape index (κ2) is 6.34. The van der Waals surface area contributed by atoms with Crippen LogP contribution in [0.1, 0.15) is 26.3 Å². The largest absolute Gasteiger partial charge is 0.355 e. The van der Waals surface area contributed by atoms with E-state index in [1.54, 1.807) is 31.1 Å². The second-order valence-electron chi connectivity index (χ2n) is 4.45. The van der Waals surface area contributed by atoms with Crippen LogP contribution in [-0.4, -0.2) is 30.8 Å². The van der Waals surface area contributed by atoms with Gasteiger partial charge in [-0.05, 0) is 29.1 Å². The minimum absolute atomic E-state index is 0.00151. The maximum atomic E-state index is 12.1. The van der Waals surface area contributed by atoms with Gasteiger partial charge in [0.2, 0.25) is 0 Å². The van der Waals surface area contributed by atoms with Gasteiger partial charge < -0.3 is 10.2 Å². The van der Waals surface area contributed by atoms with Gasteiger partial charge in [-0.15, -0.1) is 0 Å². The number of nitrogens with zero attached hydrogens (tertiary/aromatic N) is 1. The summed E-state index contributed by atoms with van der Waals surface area (Å²) in [6.45, 7) is 0.517. The Hall–Kier alpha value is -2.14. The number of hydrogen-bond acceptors (Lipinski definition) is 3. The lowest BCUT2D eigenvalue weighted by Gasteiger charge is -2.16. The molecular formula is C15H16N2O2S. The van der Waals surface area contributed by atoms with Crippen molar-refractivity contribution in [2.75, 3.05) is 14.1 Å². The van der Waals surface area contributed by atoms with Gasteiger partial charge in [0.05, 0.1) is 5.56 Å². The molecule has 2 amide bonds. The molecule has 0 saturated heterocycles. The standard InChI is InChI=1S/C15H16N2O2S/c1-16-14(18)12-5-3-11(4-6-12)9-17(2)15(19)13-7-8-20-10-13/h3-8,10H,9H2,1-2H3,(H,16,18). The molecule has 0 fully saturated rings. The summed E-state index contributed by atoms with van der Waals surface area (Å²) >= 11 is 1.51. The highest BCUT2D eigenvalue weighted by Crippen LogP contribution is 2.12. The molecule has 1 N–H and O–H groups in total. The number of carbonyl (C=O) groups is 2. The van der Waals surface area contributed by atoms with Crippen molar-refractivity contribution >= 4 is 23.2 Å². The van der Waals surface area contributed by atoms with Gasteiger partial charge in [-0.25, -0.2) is 0 Å². The first-order valence-electron chi connectivity index (χ1n) is 6.20. The summed E-state index contributed by atoms with van der Waals surface area (Å²) in [7, 11) is 3.37. The Morgan fingerprint density at radius 3 is 2.40 bits per heavy atom. The van der Waals surface area contributed by atoms with Crippen molar-refractivity contribution < 1.29 is 9.59 Å². The van der Waals surface area contributed by atoms with E-state index in [0.717, 1.165) is 5.56 Å². The number of thiophene rings is 1. The zero-order valence-electron chi connectivity index (χ0n) is 11.4. The lowest BCUT2D eigenvalue weighted by atomic mass is 10.1. The molecule has 5 heteroatoms. The molecule has 0 atom stereocenters. The van der Waals surface area contributed by atoms with Gasteiger partial charge in [0.25, 0.3) is 11.8 Å². The highest BCUT2D eigenvalue weighted by atomic mass is 32.1. The smallest absolute Gasteiger partial charge is 0.254 e. The lowest BCUT2D eigenvalue weighted by Crippen LogP contribution is -2.25. The van der Waals surface area contributed by atoms with Crippen LogP contribution >= 0.6 is 11.3 Å². The minimum Gasteiger partial charge on any atom is -0.355 e. The molecule has 0 bridgehead atoms. The van der Waals surface area contributed by atoms with Crippen molar-refractivity contribution in [2.24, 2.45) is 0 Å². The average Bonchev–Trinajstić information content (AvgIpc) is 3.00. The molecule has 2 aromatic rings. The third-order valence-corrected chi connectivity index (χ3v) is 3.66. The topological polar surface area (TPSA) is 49.4 Å². The molecular weight excluding hydrogens is 272 g/mol. The van der Waals surface area contributed by atoms with E-state index in [1.807, 2.05) is 29.0 Å². The Morgan fingerprint density at radius 2 is 1.85 bits per heavy atom. The summed E-state index contributed by atoms with van der Waals surface area (Å²) in [5, 5.41) is 6.30. The maximum absolute atomic E-state index is 12.1. The molecule has 0 saturated carbocycles. The van der Waals surface area contributed by atoms with Crippen LogP contribution in [-0.2, 0) is 6.54 Å². The Kier molecular flexibility index (Phi) is 4.53. The zero-order chi connectivity index (χ0) is 14.5. The van der Waals surface area contributed by atoms with Gasteiger partial charge in [-0.2, -0.15) is 11.3 Å². The molecule has 0 aliphatic rings. The van der Waals surface area contributed by atoms with Crippen molar-refractivity contribution in [1.29, 1.82) is 0 Å². The fourth-order valence-electron chi connectivity index (χ4n) is 1.86. The Bertz CT molecular complexity index is 591. The molecule has 0 spiro atoms. The minimum atomic E-state index is -0.112. The third-order valence-electron chi connectivity index (χ3n) is 2.98. The fourth-order valence-corrected chi connectivity index (χ4v) is 2.49. The van der Waals surface area contributed by atoms with E-state index in [9.17, 15) is 9.59 Å². The van der Waals surface area contributed by atoms with Gasteiger partial charge in [0, 0.05) is 31.6 Å².